The predicted octanol–water partition coefficient (Wildman–Crippen LogP) is 10.8. The van der Waals surface area contributed by atoms with Crippen LogP contribution in [-0.2, 0) is 43.9 Å². The number of H-pyrrole nitrogens is 3. The Labute approximate surface area is 603 Å². The number of thiazole rings is 2. The van der Waals surface area contributed by atoms with Gasteiger partial charge in [0.1, 0.15) is 56.9 Å². The number of halogens is 5. The summed E-state index contributed by atoms with van der Waals surface area (Å²) in [4.78, 5) is 111. The lowest BCUT2D eigenvalue weighted by Crippen LogP contribution is -2.24. The highest BCUT2D eigenvalue weighted by molar-refractivity contribution is 7.16. The number of aromatic nitrogens is 22. The number of amides is 2. The molecule has 1 aliphatic carbocycles. The number of rotatable bonds is 20. The van der Waals surface area contributed by atoms with Gasteiger partial charge in [0.2, 0.25) is 32.3 Å². The molecule has 0 spiro atoms. The monoisotopic (exact) mass is 1500 g/mol. The third-order valence-electron chi connectivity index (χ3n) is 14.1. The molecule has 0 saturated heterocycles. The molecule has 1 aliphatic heterocycles. The van der Waals surface area contributed by atoms with Crippen molar-refractivity contribution < 1.29 is 23.5 Å². The number of hydrogen-bond donors (Lipinski definition) is 10. The molecule has 1 saturated carbocycles. The summed E-state index contributed by atoms with van der Waals surface area (Å²) in [5, 5.41) is 24.5. The van der Waals surface area contributed by atoms with E-state index in [1.165, 1.54) is 31.1 Å². The van der Waals surface area contributed by atoms with Crippen LogP contribution in [0, 0.1) is 0 Å². The largest absolute Gasteiger partial charge is 0.467 e. The number of ether oxygens (including phenoxy) is 2. The first-order valence-electron chi connectivity index (χ1n) is 30.3. The Bertz CT molecular complexity index is 5080. The minimum absolute atomic E-state index is 0.0349. The van der Waals surface area contributed by atoms with E-state index >= 15 is 0 Å². The molecule has 14 aromatic rings. The van der Waals surface area contributed by atoms with Gasteiger partial charge in [0.15, 0.2) is 50.9 Å². The fourth-order valence-corrected chi connectivity index (χ4v) is 11.3. The molecule has 15 heterocycles. The number of carbonyl (C=O) groups excluding carboxylic acids is 2. The molecule has 2 aliphatic rings. The molecule has 10 N–H and O–H groups in total. The molecule has 2 amide bonds. The molecule has 0 unspecified atom stereocenters. The van der Waals surface area contributed by atoms with E-state index < -0.39 is 0 Å². The van der Waals surface area contributed by atoms with E-state index in [0.717, 1.165) is 56.3 Å². The number of imidazole rings is 3. The van der Waals surface area contributed by atoms with Crippen LogP contribution in [-0.4, -0.2) is 141 Å². The van der Waals surface area contributed by atoms with Gasteiger partial charge >= 0.3 is 0 Å². The Balaban J connectivity index is 0.000000120. The highest BCUT2D eigenvalue weighted by atomic mass is 35.5. The van der Waals surface area contributed by atoms with Crippen molar-refractivity contribution in [3.63, 3.8) is 0 Å². The summed E-state index contributed by atoms with van der Waals surface area (Å²) >= 11 is 32.5. The Morgan fingerprint density at radius 2 is 1.18 bits per heavy atom. The van der Waals surface area contributed by atoms with Crippen molar-refractivity contribution in [1.29, 1.82) is 0 Å². The standard InChI is InChI=1S/C14H14ClN5O2.C12H11ClN8O.C12H10ClN5O.C11H11ClN6OS.C11H8ClN5S/c15-13-18-11(16-7-9-5-2-6-21-9)10-12(19-13)20-14(17-10)22-8-3-1-4-8;1-14-11(22)10-18-7-8(20-12(13)21-9(7)19-10)16-4-6-2-3-15-5-17-6;13-12-17-10(8-5-9(19)16-11(8)18-12)15-6-7-1-3-14-4-2-7;1-2-19-11-15-7-8(14-5-6-13-3-4-20-6)16-10(12)17-9(7)18-11;12-11-16-9(8-10(17-11)18-6-15-8)14-5-7-1-3-13-4-2-7/h2,5-6,8H,1,3-4,7H2,(H2,16,17,18,19,20);2-3,5H,4H2,1H3,(H,14,22)(H2,16,18,19,20,21);1-4H,5-6H2,(H2,15,16,17,18,19);3-4H,2,5H2,1H3,(H2,14,15,16,17,18);1-4,6H,5H2,(H,14,16,17). The Hall–Kier alpha value is -11.0. The van der Waals surface area contributed by atoms with Crippen LogP contribution in [0.2, 0.25) is 26.4 Å². The van der Waals surface area contributed by atoms with Crippen molar-refractivity contribution in [2.45, 2.75) is 71.4 Å². The zero-order valence-electron chi connectivity index (χ0n) is 52.7. The number of hydrogen-bond acceptors (Lipinski definition) is 31. The van der Waals surface area contributed by atoms with Crippen molar-refractivity contribution in [1.82, 2.24) is 115 Å². The van der Waals surface area contributed by atoms with Crippen LogP contribution in [0.15, 0.2) is 108 Å². The summed E-state index contributed by atoms with van der Waals surface area (Å²) in [5.41, 5.74) is 9.28. The Morgan fingerprint density at radius 3 is 1.79 bits per heavy atom. The van der Waals surface area contributed by atoms with E-state index in [9.17, 15) is 9.59 Å². The van der Waals surface area contributed by atoms with Gasteiger partial charge in [-0.3, -0.25) is 19.6 Å². The maximum absolute atomic E-state index is 11.6. The number of furan rings is 1. The van der Waals surface area contributed by atoms with E-state index in [2.05, 4.69) is 147 Å². The summed E-state index contributed by atoms with van der Waals surface area (Å²) < 4.78 is 16.4. The second-order valence-electron chi connectivity index (χ2n) is 20.9. The molecule has 0 atom stereocenters. The van der Waals surface area contributed by atoms with E-state index in [1.807, 2.05) is 48.7 Å². The first-order chi connectivity index (χ1) is 49.3. The Kier molecular flexibility index (Phi) is 23.3. The van der Waals surface area contributed by atoms with Gasteiger partial charge in [-0.15, -0.1) is 22.7 Å². The lowest BCUT2D eigenvalue weighted by atomic mass is 9.96. The zero-order valence-corrected chi connectivity index (χ0v) is 58.1. The van der Waals surface area contributed by atoms with Crippen molar-refractivity contribution in [2.24, 2.45) is 0 Å². The fourth-order valence-electron chi connectivity index (χ4n) is 9.21. The van der Waals surface area contributed by atoms with Crippen LogP contribution in [0.25, 0.3) is 43.8 Å². The number of nitrogens with zero attached hydrogens (tertiary/aromatic N) is 19. The smallest absolute Gasteiger partial charge is 0.296 e. The van der Waals surface area contributed by atoms with E-state index in [-0.39, 0.29) is 56.6 Å². The average molecular weight is 1500 g/mol. The van der Waals surface area contributed by atoms with Gasteiger partial charge in [-0.2, -0.15) is 49.8 Å². The number of carbonyl (C=O) groups is 2. The first kappa shape index (κ1) is 69.9. The maximum Gasteiger partial charge on any atom is 0.296 e. The van der Waals surface area contributed by atoms with Gasteiger partial charge in [0.05, 0.1) is 50.1 Å². The summed E-state index contributed by atoms with van der Waals surface area (Å²) in [5.74, 6) is 3.81. The molecule has 14 aromatic heterocycles. The summed E-state index contributed by atoms with van der Waals surface area (Å²) in [7, 11) is 1.52. The lowest BCUT2D eigenvalue weighted by molar-refractivity contribution is -0.115. The predicted molar refractivity (Wildman–Crippen MR) is 380 cm³/mol. The highest BCUT2D eigenvalue weighted by Crippen LogP contribution is 2.31. The maximum atomic E-state index is 11.6. The van der Waals surface area contributed by atoms with Gasteiger partial charge in [0, 0.05) is 68.3 Å². The molecule has 1 fully saturated rings. The fraction of sp³-hybridized carbons (Fsp3) is 0.217. The van der Waals surface area contributed by atoms with Gasteiger partial charge in [-0.05, 0) is 138 Å². The molecule has 516 valence electrons. The Morgan fingerprint density at radius 1 is 0.594 bits per heavy atom. The van der Waals surface area contributed by atoms with Crippen LogP contribution in [0.4, 0.5) is 34.9 Å². The SMILES string of the molecule is CCOc1nc2nc(Cl)nc(NCc3nccs3)c2[nH]1.CNC(=O)c1nc2nc(Cl)nc(NCc3ccncn3)c2[nH]1.Clc1nc(NCc2ccco2)c2[nH]c(OC3CCC3)nc2n1.Clc1nc(NCc2ccncc2)c2ncsc2n1.O=C1Cc2c(NCc3ccncc3)nc(Cl)nc2N1. The number of nitrogens with one attached hydrogen (secondary N) is 10. The van der Waals surface area contributed by atoms with Gasteiger partial charge in [-0.25, -0.2) is 34.9 Å². The number of pyridine rings is 2. The topological polar surface area (TPSA) is 442 Å². The summed E-state index contributed by atoms with van der Waals surface area (Å²) in [6.45, 7) is 5.09. The van der Waals surface area contributed by atoms with Crippen LogP contribution in [0.1, 0.15) is 70.0 Å². The van der Waals surface area contributed by atoms with Crippen molar-refractivity contribution in [3.8, 4) is 12.0 Å². The van der Waals surface area contributed by atoms with E-state index in [4.69, 9.17) is 71.9 Å². The normalized spacial score (nSPS) is 12.1. The molecule has 34 nitrogen and oxygen atoms in total. The molecule has 16 rings (SSSR count). The molecular formula is C60H54Cl5N29O5S2. The minimum atomic E-state index is -0.351. The summed E-state index contributed by atoms with van der Waals surface area (Å²) in [6, 6.07) is 14.0. The van der Waals surface area contributed by atoms with Crippen molar-refractivity contribution >= 4 is 171 Å². The highest BCUT2D eigenvalue weighted by Gasteiger charge is 2.25. The van der Waals surface area contributed by atoms with E-state index in [1.54, 1.807) is 66.4 Å². The third kappa shape index (κ3) is 18.8. The van der Waals surface area contributed by atoms with Gasteiger partial charge < -0.3 is 66.1 Å². The second kappa shape index (κ2) is 33.7. The zero-order chi connectivity index (χ0) is 70.0. The average Bonchev–Trinajstić information content (AvgIpc) is 1.71. The third-order valence-corrected chi connectivity index (χ3v) is 16.5. The van der Waals surface area contributed by atoms with Crippen molar-refractivity contribution in [3.05, 3.63) is 169 Å². The van der Waals surface area contributed by atoms with Crippen LogP contribution >= 0.6 is 80.7 Å². The second-order valence-corrected chi connectivity index (χ2v) is 24.4. The van der Waals surface area contributed by atoms with Crippen LogP contribution in [0.3, 0.4) is 0 Å². The number of fused-ring (bicyclic) bond motifs is 5. The van der Waals surface area contributed by atoms with Gasteiger partial charge in [-0.1, -0.05) is 0 Å². The molecule has 0 radical (unpaired) electrons. The number of aromatic amines is 3. The van der Waals surface area contributed by atoms with Gasteiger partial charge in [0.25, 0.3) is 17.9 Å². The molecule has 0 bridgehead atoms. The minimum Gasteiger partial charge on any atom is -0.467 e. The summed E-state index contributed by atoms with van der Waals surface area (Å²) in [6.07, 6.45) is 17.3. The van der Waals surface area contributed by atoms with Crippen molar-refractivity contribution in [2.75, 3.05) is 45.6 Å². The molecule has 101 heavy (non-hydrogen) atoms. The molecule has 41 heteroatoms. The number of anilines is 6. The quantitative estimate of drug-likeness (QED) is 0.0317. The van der Waals surface area contributed by atoms with Crippen LogP contribution in [0.5, 0.6) is 12.0 Å². The van der Waals surface area contributed by atoms with Crippen LogP contribution < -0.4 is 46.7 Å². The lowest BCUT2D eigenvalue weighted by Gasteiger charge is -2.24. The van der Waals surface area contributed by atoms with E-state index in [0.29, 0.717) is 120 Å². The molecular weight excluding hydrogens is 1450 g/mol. The first-order valence-corrected chi connectivity index (χ1v) is 34.0. The molecule has 0 aromatic carbocycles.